The molecule has 3 aromatic rings. The molecule has 0 spiro atoms. The lowest BCUT2D eigenvalue weighted by atomic mass is 10.2. The molecule has 0 atom stereocenters. The quantitative estimate of drug-likeness (QED) is 0.696. The molecular weight excluding hydrogens is 296 g/mol. The van der Waals surface area contributed by atoms with Crippen LogP contribution in [-0.2, 0) is 0 Å². The van der Waals surface area contributed by atoms with E-state index in [0.29, 0.717) is 10.7 Å². The Morgan fingerprint density at radius 1 is 1.18 bits per heavy atom. The Bertz CT molecular complexity index is 798. The summed E-state index contributed by atoms with van der Waals surface area (Å²) >= 11 is 1.48. The minimum absolute atomic E-state index is 0.100. The van der Waals surface area contributed by atoms with Crippen LogP contribution in [0.25, 0.3) is 0 Å². The zero-order valence-electron chi connectivity index (χ0n) is 12.2. The summed E-state index contributed by atoms with van der Waals surface area (Å²) in [5.41, 5.74) is 2.67. The molecule has 0 aliphatic rings. The van der Waals surface area contributed by atoms with Crippen molar-refractivity contribution in [3.05, 3.63) is 66.0 Å². The second-order valence-corrected chi connectivity index (χ2v) is 5.86. The van der Waals surface area contributed by atoms with Crippen molar-refractivity contribution in [1.82, 2.24) is 19.5 Å². The number of aromatic nitrogens is 4. The van der Waals surface area contributed by atoms with Crippen LogP contribution in [0.15, 0.2) is 59.2 Å². The van der Waals surface area contributed by atoms with Crippen molar-refractivity contribution >= 4 is 17.7 Å². The molecule has 0 saturated heterocycles. The van der Waals surface area contributed by atoms with Crippen LogP contribution in [-0.4, -0.2) is 25.4 Å². The zero-order chi connectivity index (χ0) is 15.5. The van der Waals surface area contributed by atoms with Crippen molar-refractivity contribution in [2.24, 2.45) is 0 Å². The highest BCUT2D eigenvalue weighted by molar-refractivity contribution is 7.99. The third-order valence-corrected chi connectivity index (χ3v) is 4.14. The van der Waals surface area contributed by atoms with E-state index in [9.17, 15) is 4.79 Å². The minimum atomic E-state index is -0.100. The third kappa shape index (κ3) is 3.07. The first-order valence-corrected chi connectivity index (χ1v) is 7.56. The lowest BCUT2D eigenvalue weighted by Crippen LogP contribution is -2.09. The van der Waals surface area contributed by atoms with Crippen molar-refractivity contribution in [1.29, 1.82) is 0 Å². The first-order valence-electron chi connectivity index (χ1n) is 6.74. The van der Waals surface area contributed by atoms with Crippen molar-refractivity contribution in [3.8, 4) is 0 Å². The Labute approximate surface area is 132 Å². The molecule has 2 aromatic heterocycles. The van der Waals surface area contributed by atoms with Crippen LogP contribution in [0.5, 0.6) is 0 Å². The summed E-state index contributed by atoms with van der Waals surface area (Å²) < 4.78 is 1.45. The molecule has 0 fully saturated rings. The Balaban J connectivity index is 1.76. The molecule has 22 heavy (non-hydrogen) atoms. The number of hydrogen-bond donors (Lipinski definition) is 0. The van der Waals surface area contributed by atoms with Crippen LogP contribution < -0.4 is 0 Å². The maximum Gasteiger partial charge on any atom is 0.263 e. The fraction of sp³-hybridized carbons (Fsp3) is 0.125. The molecule has 0 aliphatic heterocycles. The highest BCUT2D eigenvalue weighted by atomic mass is 32.2. The second kappa shape index (κ2) is 6.11. The Morgan fingerprint density at radius 3 is 2.59 bits per heavy atom. The largest absolute Gasteiger partial charge is 0.272 e. The van der Waals surface area contributed by atoms with E-state index in [2.05, 4.69) is 15.0 Å². The van der Waals surface area contributed by atoms with Gasteiger partial charge in [-0.15, -0.1) is 0 Å². The van der Waals surface area contributed by atoms with E-state index in [1.165, 1.54) is 22.7 Å². The number of carbonyl (C=O) groups excluding carboxylic acids is 1. The van der Waals surface area contributed by atoms with Crippen LogP contribution >= 0.6 is 11.8 Å². The van der Waals surface area contributed by atoms with Crippen molar-refractivity contribution < 1.29 is 4.79 Å². The standard InChI is InChI=1S/C16H14N4OS/c1-11-9-18-16(19-12(11)2)22-14-5-3-13(4-6-14)15(21)20-8-7-17-10-20/h3-10H,1-2H3. The number of rotatable bonds is 3. The van der Waals surface area contributed by atoms with Gasteiger partial charge in [0.05, 0.1) is 0 Å². The lowest BCUT2D eigenvalue weighted by Gasteiger charge is -2.05. The molecule has 0 saturated carbocycles. The number of hydrogen-bond acceptors (Lipinski definition) is 5. The molecule has 0 radical (unpaired) electrons. The van der Waals surface area contributed by atoms with E-state index in [-0.39, 0.29) is 5.91 Å². The Morgan fingerprint density at radius 2 is 1.95 bits per heavy atom. The van der Waals surface area contributed by atoms with Gasteiger partial charge in [0, 0.05) is 34.7 Å². The smallest absolute Gasteiger partial charge is 0.263 e. The molecule has 6 heteroatoms. The number of nitrogens with zero attached hydrogens (tertiary/aromatic N) is 4. The Kier molecular flexibility index (Phi) is 4.02. The predicted molar refractivity (Wildman–Crippen MR) is 84.0 cm³/mol. The van der Waals surface area contributed by atoms with Crippen LogP contribution in [0.1, 0.15) is 21.6 Å². The summed E-state index contributed by atoms with van der Waals surface area (Å²) in [7, 11) is 0. The molecule has 0 bridgehead atoms. The van der Waals surface area contributed by atoms with Gasteiger partial charge in [-0.3, -0.25) is 9.36 Å². The van der Waals surface area contributed by atoms with Crippen molar-refractivity contribution in [2.45, 2.75) is 23.9 Å². The fourth-order valence-electron chi connectivity index (χ4n) is 1.85. The van der Waals surface area contributed by atoms with Gasteiger partial charge in [0.2, 0.25) is 0 Å². The number of carbonyl (C=O) groups is 1. The molecule has 5 nitrogen and oxygen atoms in total. The topological polar surface area (TPSA) is 60.7 Å². The summed E-state index contributed by atoms with van der Waals surface area (Å²) in [6.45, 7) is 3.95. The van der Waals surface area contributed by atoms with E-state index in [4.69, 9.17) is 0 Å². The molecule has 110 valence electrons. The number of benzene rings is 1. The van der Waals surface area contributed by atoms with Crippen LogP contribution in [0, 0.1) is 13.8 Å². The van der Waals surface area contributed by atoms with Gasteiger partial charge < -0.3 is 0 Å². The van der Waals surface area contributed by atoms with E-state index in [0.717, 1.165) is 16.2 Å². The maximum atomic E-state index is 12.2. The molecule has 0 aliphatic carbocycles. The van der Waals surface area contributed by atoms with Gasteiger partial charge in [-0.2, -0.15) is 0 Å². The summed E-state index contributed by atoms with van der Waals surface area (Å²) in [6.07, 6.45) is 6.53. The maximum absolute atomic E-state index is 12.2. The third-order valence-electron chi connectivity index (χ3n) is 3.25. The zero-order valence-corrected chi connectivity index (χ0v) is 13.0. The van der Waals surface area contributed by atoms with Crippen LogP contribution in [0.4, 0.5) is 0 Å². The van der Waals surface area contributed by atoms with Gasteiger partial charge in [0.15, 0.2) is 5.16 Å². The van der Waals surface area contributed by atoms with Gasteiger partial charge in [0.25, 0.3) is 5.91 Å². The van der Waals surface area contributed by atoms with Gasteiger partial charge in [-0.05, 0) is 55.4 Å². The monoisotopic (exact) mass is 310 g/mol. The van der Waals surface area contributed by atoms with Gasteiger partial charge in [-0.25, -0.2) is 15.0 Å². The minimum Gasteiger partial charge on any atom is -0.272 e. The van der Waals surface area contributed by atoms with E-state index in [1.54, 1.807) is 24.5 Å². The highest BCUT2D eigenvalue weighted by Gasteiger charge is 2.08. The predicted octanol–water partition coefficient (Wildman–Crippen LogP) is 3.13. The number of imidazole rings is 1. The first-order chi connectivity index (χ1) is 10.6. The SMILES string of the molecule is Cc1cnc(Sc2ccc(C(=O)n3ccnc3)cc2)nc1C. The second-order valence-electron chi connectivity index (χ2n) is 4.82. The Hall–Kier alpha value is -2.47. The summed E-state index contributed by atoms with van der Waals surface area (Å²) in [5, 5.41) is 0.705. The van der Waals surface area contributed by atoms with Gasteiger partial charge >= 0.3 is 0 Å². The molecular formula is C16H14N4OS. The average molecular weight is 310 g/mol. The van der Waals surface area contributed by atoms with E-state index in [1.807, 2.05) is 32.2 Å². The summed E-state index contributed by atoms with van der Waals surface area (Å²) in [5.74, 6) is -0.100. The summed E-state index contributed by atoms with van der Waals surface area (Å²) in [6, 6.07) is 7.39. The first kappa shape index (κ1) is 14.5. The molecule has 1 aromatic carbocycles. The number of aryl methyl sites for hydroxylation is 2. The molecule has 3 rings (SSSR count). The molecule has 0 amide bonds. The molecule has 0 N–H and O–H groups in total. The molecule has 2 heterocycles. The van der Waals surface area contributed by atoms with Gasteiger partial charge in [0.1, 0.15) is 6.33 Å². The van der Waals surface area contributed by atoms with Crippen molar-refractivity contribution in [3.63, 3.8) is 0 Å². The van der Waals surface area contributed by atoms with Crippen LogP contribution in [0.3, 0.4) is 0 Å². The van der Waals surface area contributed by atoms with E-state index < -0.39 is 0 Å². The fourth-order valence-corrected chi connectivity index (χ4v) is 2.63. The van der Waals surface area contributed by atoms with Crippen molar-refractivity contribution in [2.75, 3.05) is 0 Å². The van der Waals surface area contributed by atoms with Gasteiger partial charge in [-0.1, -0.05) is 0 Å². The normalized spacial score (nSPS) is 10.6. The van der Waals surface area contributed by atoms with E-state index >= 15 is 0 Å². The summed E-state index contributed by atoms with van der Waals surface area (Å²) in [4.78, 5) is 25.8. The molecule has 0 unspecified atom stereocenters. The average Bonchev–Trinajstić information content (AvgIpc) is 3.05. The van der Waals surface area contributed by atoms with Crippen LogP contribution in [0.2, 0.25) is 0 Å². The lowest BCUT2D eigenvalue weighted by molar-refractivity contribution is 0.0959. The highest BCUT2D eigenvalue weighted by Crippen LogP contribution is 2.25.